The van der Waals surface area contributed by atoms with Gasteiger partial charge in [0.25, 0.3) is 11.8 Å². The summed E-state index contributed by atoms with van der Waals surface area (Å²) < 4.78 is 29.7. The Balaban J connectivity index is 1.57. The van der Waals surface area contributed by atoms with E-state index in [2.05, 4.69) is 10.2 Å². The molecule has 1 atom stereocenters. The summed E-state index contributed by atoms with van der Waals surface area (Å²) in [4.78, 5) is 16.1. The van der Waals surface area contributed by atoms with E-state index in [9.17, 15) is 13.6 Å². The molecule has 2 saturated heterocycles. The van der Waals surface area contributed by atoms with E-state index in [0.717, 1.165) is 5.69 Å². The van der Waals surface area contributed by atoms with E-state index in [1.165, 1.54) is 6.20 Å². The highest BCUT2D eigenvalue weighted by Crippen LogP contribution is 2.50. The average molecular weight is 346 g/mol. The number of H-pyrrole nitrogens is 1. The number of aromatic amines is 1. The highest BCUT2D eigenvalue weighted by Gasteiger charge is 2.60. The van der Waals surface area contributed by atoms with Gasteiger partial charge in [-0.1, -0.05) is 18.2 Å². The number of alkyl halides is 2. The minimum atomic E-state index is -2.78. The lowest BCUT2D eigenvalue weighted by Crippen LogP contribution is -2.58. The Hall–Kier alpha value is -2.44. The number of benzene rings is 1. The molecule has 4 rings (SSSR count). The summed E-state index contributed by atoms with van der Waals surface area (Å²) in [5.41, 5.74) is 0.0991. The lowest BCUT2D eigenvalue weighted by Gasteiger charge is -2.45. The van der Waals surface area contributed by atoms with E-state index in [0.29, 0.717) is 18.7 Å². The standard InChI is InChI=1S/C18H20F2N4O/c19-18(20)8-11-24(16(25)15-6-9-21-22-15)13-17(18)7-10-23(12-17)14-4-2-1-3-5-14/h1-6,9H,7-8,10-13H2,(H,21,22). The molecule has 0 radical (unpaired) electrons. The number of carbonyl (C=O) groups excluding carboxylic acids is 1. The molecule has 1 aromatic heterocycles. The lowest BCUT2D eigenvalue weighted by atomic mass is 9.75. The zero-order valence-corrected chi connectivity index (χ0v) is 13.8. The van der Waals surface area contributed by atoms with Crippen LogP contribution < -0.4 is 4.90 Å². The summed E-state index contributed by atoms with van der Waals surface area (Å²) >= 11 is 0. The van der Waals surface area contributed by atoms with Crippen LogP contribution in [-0.4, -0.2) is 53.1 Å². The van der Waals surface area contributed by atoms with Crippen LogP contribution in [0.15, 0.2) is 42.6 Å². The molecule has 0 bridgehead atoms. The van der Waals surface area contributed by atoms with Crippen LogP contribution in [0.2, 0.25) is 0 Å². The van der Waals surface area contributed by atoms with E-state index in [1.807, 2.05) is 35.2 Å². The quantitative estimate of drug-likeness (QED) is 0.910. The summed E-state index contributed by atoms with van der Waals surface area (Å²) in [6.07, 6.45) is 1.57. The zero-order chi connectivity index (χ0) is 17.5. The van der Waals surface area contributed by atoms with Crippen LogP contribution in [0, 0.1) is 5.41 Å². The number of rotatable bonds is 2. The number of nitrogens with zero attached hydrogens (tertiary/aromatic N) is 3. The van der Waals surface area contributed by atoms with Crippen molar-refractivity contribution in [2.75, 3.05) is 31.1 Å². The first-order valence-electron chi connectivity index (χ1n) is 8.47. The first-order chi connectivity index (χ1) is 12.0. The number of hydrogen-bond acceptors (Lipinski definition) is 3. The van der Waals surface area contributed by atoms with Crippen LogP contribution in [0.1, 0.15) is 23.3 Å². The molecular formula is C18H20F2N4O. The van der Waals surface area contributed by atoms with Crippen molar-refractivity contribution in [3.63, 3.8) is 0 Å². The molecule has 2 fully saturated rings. The van der Waals surface area contributed by atoms with Crippen LogP contribution in [0.25, 0.3) is 0 Å². The third-order valence-corrected chi connectivity index (χ3v) is 5.46. The van der Waals surface area contributed by atoms with Crippen molar-refractivity contribution in [3.05, 3.63) is 48.3 Å². The molecule has 2 aliphatic heterocycles. The van der Waals surface area contributed by atoms with E-state index < -0.39 is 11.3 Å². The van der Waals surface area contributed by atoms with Gasteiger partial charge in [-0.25, -0.2) is 8.78 Å². The Labute approximate surface area is 144 Å². The topological polar surface area (TPSA) is 52.2 Å². The number of hydrogen-bond donors (Lipinski definition) is 1. The molecule has 2 aromatic rings. The van der Waals surface area contributed by atoms with Gasteiger partial charge in [-0.2, -0.15) is 5.10 Å². The number of likely N-dealkylation sites (tertiary alicyclic amines) is 1. The molecule has 1 amide bonds. The van der Waals surface area contributed by atoms with Gasteiger partial charge >= 0.3 is 0 Å². The number of carbonyl (C=O) groups is 1. The second-order valence-corrected chi connectivity index (χ2v) is 6.94. The van der Waals surface area contributed by atoms with Crippen LogP contribution in [0.3, 0.4) is 0 Å². The minimum Gasteiger partial charge on any atom is -0.371 e. The normalized spacial score (nSPS) is 25.5. The maximum atomic E-state index is 14.8. The predicted octanol–water partition coefficient (Wildman–Crippen LogP) is 2.79. The third kappa shape index (κ3) is 2.67. The Morgan fingerprint density at radius 3 is 2.60 bits per heavy atom. The highest BCUT2D eigenvalue weighted by atomic mass is 19.3. The van der Waals surface area contributed by atoms with E-state index in [4.69, 9.17) is 0 Å². The predicted molar refractivity (Wildman–Crippen MR) is 89.8 cm³/mol. The van der Waals surface area contributed by atoms with Gasteiger partial charge in [0.2, 0.25) is 0 Å². The van der Waals surface area contributed by atoms with Crippen molar-refractivity contribution < 1.29 is 13.6 Å². The van der Waals surface area contributed by atoms with Gasteiger partial charge in [0.05, 0.1) is 5.41 Å². The molecule has 3 heterocycles. The lowest BCUT2D eigenvalue weighted by molar-refractivity contribution is -0.150. The second-order valence-electron chi connectivity index (χ2n) is 6.94. The first-order valence-corrected chi connectivity index (χ1v) is 8.47. The number of amides is 1. The molecule has 0 aliphatic carbocycles. The van der Waals surface area contributed by atoms with Crippen molar-refractivity contribution in [2.45, 2.75) is 18.8 Å². The molecule has 1 N–H and O–H groups in total. The van der Waals surface area contributed by atoms with E-state index >= 15 is 0 Å². The summed E-state index contributed by atoms with van der Waals surface area (Å²) in [5.74, 6) is -3.04. The molecule has 5 nitrogen and oxygen atoms in total. The van der Waals surface area contributed by atoms with Crippen LogP contribution >= 0.6 is 0 Å². The number of anilines is 1. The highest BCUT2D eigenvalue weighted by molar-refractivity contribution is 5.92. The van der Waals surface area contributed by atoms with Crippen molar-refractivity contribution in [3.8, 4) is 0 Å². The SMILES string of the molecule is O=C(c1ccn[nH]1)N1CCC(F)(F)C2(CCN(c3ccccc3)C2)C1. The van der Waals surface area contributed by atoms with E-state index in [1.54, 1.807) is 11.0 Å². The van der Waals surface area contributed by atoms with Gasteiger partial charge in [-0.3, -0.25) is 9.89 Å². The Kier molecular flexibility index (Phi) is 3.74. The maximum Gasteiger partial charge on any atom is 0.271 e. The number of piperidine rings is 1. The van der Waals surface area contributed by atoms with Gasteiger partial charge < -0.3 is 9.80 Å². The zero-order valence-electron chi connectivity index (χ0n) is 13.8. The smallest absolute Gasteiger partial charge is 0.271 e. The van der Waals surface area contributed by atoms with Crippen molar-refractivity contribution >= 4 is 11.6 Å². The molecule has 1 spiro atoms. The first kappa shape index (κ1) is 16.1. The van der Waals surface area contributed by atoms with Crippen molar-refractivity contribution in [2.24, 2.45) is 5.41 Å². The molecule has 0 saturated carbocycles. The minimum absolute atomic E-state index is 0.0674. The van der Waals surface area contributed by atoms with Gasteiger partial charge in [-0.15, -0.1) is 0 Å². The summed E-state index contributed by atoms with van der Waals surface area (Å²) in [6.45, 7) is 0.974. The average Bonchev–Trinajstić information content (AvgIpc) is 3.29. The summed E-state index contributed by atoms with van der Waals surface area (Å²) in [5, 5.41) is 6.41. The van der Waals surface area contributed by atoms with Gasteiger partial charge in [0.15, 0.2) is 0 Å². The van der Waals surface area contributed by atoms with Crippen molar-refractivity contribution in [1.29, 1.82) is 0 Å². The van der Waals surface area contributed by atoms with Crippen LogP contribution in [0.5, 0.6) is 0 Å². The van der Waals surface area contributed by atoms with Gasteiger partial charge in [0.1, 0.15) is 5.69 Å². The van der Waals surface area contributed by atoms with Crippen molar-refractivity contribution in [1.82, 2.24) is 15.1 Å². The molecule has 2 aliphatic rings. The summed E-state index contributed by atoms with van der Waals surface area (Å²) in [6, 6.07) is 11.2. The van der Waals surface area contributed by atoms with Gasteiger partial charge in [0, 0.05) is 44.5 Å². The summed E-state index contributed by atoms with van der Waals surface area (Å²) in [7, 11) is 0. The second kappa shape index (κ2) is 5.82. The third-order valence-electron chi connectivity index (χ3n) is 5.46. The Morgan fingerprint density at radius 1 is 1.08 bits per heavy atom. The maximum absolute atomic E-state index is 14.8. The Morgan fingerprint density at radius 2 is 1.88 bits per heavy atom. The fourth-order valence-corrected chi connectivity index (χ4v) is 3.98. The van der Waals surface area contributed by atoms with Gasteiger partial charge in [-0.05, 0) is 24.6 Å². The van der Waals surface area contributed by atoms with Crippen LogP contribution in [0.4, 0.5) is 14.5 Å². The molecule has 25 heavy (non-hydrogen) atoms. The largest absolute Gasteiger partial charge is 0.371 e. The fourth-order valence-electron chi connectivity index (χ4n) is 3.98. The van der Waals surface area contributed by atoms with E-state index in [-0.39, 0.29) is 32.0 Å². The van der Waals surface area contributed by atoms with Crippen LogP contribution in [-0.2, 0) is 0 Å². The molecule has 1 unspecified atom stereocenters. The molecule has 132 valence electrons. The number of halogens is 2. The molecular weight excluding hydrogens is 326 g/mol. The Bertz CT molecular complexity index is 750. The molecule has 7 heteroatoms. The number of nitrogens with one attached hydrogen (secondary N) is 1. The monoisotopic (exact) mass is 346 g/mol. The molecule has 1 aromatic carbocycles. The fraction of sp³-hybridized carbons (Fsp3) is 0.444. The number of para-hydroxylation sites is 1. The number of aromatic nitrogens is 2.